The van der Waals surface area contributed by atoms with Gasteiger partial charge in [-0.2, -0.15) is 0 Å². The Morgan fingerprint density at radius 3 is 2.83 bits per heavy atom. The van der Waals surface area contributed by atoms with Crippen LogP contribution in [-0.4, -0.2) is 25.6 Å². The number of halogens is 1. The average Bonchev–Trinajstić information content (AvgIpc) is 2.33. The maximum atomic E-state index is 13.1. The lowest BCUT2D eigenvalue weighted by Crippen LogP contribution is -2.36. The Balaban J connectivity index is 2.79. The summed E-state index contributed by atoms with van der Waals surface area (Å²) in [5, 5.41) is 5.61. The Hall–Kier alpha value is -1.62. The van der Waals surface area contributed by atoms with Gasteiger partial charge in [0.2, 0.25) is 0 Å². The molecule has 0 aliphatic carbocycles. The maximum Gasteiger partial charge on any atom is 0.260 e. The van der Waals surface area contributed by atoms with Crippen molar-refractivity contribution >= 4 is 5.91 Å². The number of benzene rings is 1. The molecule has 0 saturated heterocycles. The van der Waals surface area contributed by atoms with Crippen LogP contribution in [0.4, 0.5) is 4.39 Å². The van der Waals surface area contributed by atoms with Crippen molar-refractivity contribution in [3.05, 3.63) is 29.6 Å². The van der Waals surface area contributed by atoms with Crippen molar-refractivity contribution in [2.45, 2.75) is 26.5 Å². The summed E-state index contributed by atoms with van der Waals surface area (Å²) in [7, 11) is 1.77. The molecule has 0 radical (unpaired) electrons. The second kappa shape index (κ2) is 6.96. The number of carbonyl (C=O) groups is 1. The molecule has 4 nitrogen and oxygen atoms in total. The van der Waals surface area contributed by atoms with Crippen LogP contribution < -0.4 is 15.4 Å². The Kier molecular flexibility index (Phi) is 5.58. The van der Waals surface area contributed by atoms with E-state index in [9.17, 15) is 9.18 Å². The molecule has 0 aliphatic rings. The molecule has 0 fully saturated rings. The van der Waals surface area contributed by atoms with E-state index in [1.807, 2.05) is 6.92 Å². The highest BCUT2D eigenvalue weighted by Crippen LogP contribution is 2.20. The zero-order valence-corrected chi connectivity index (χ0v) is 10.9. The SMILES string of the molecule is CCNC(=O)C(C)Oc1ccc(F)cc1CNC. The van der Waals surface area contributed by atoms with E-state index in [4.69, 9.17) is 4.74 Å². The number of nitrogens with one attached hydrogen (secondary N) is 2. The number of rotatable bonds is 6. The van der Waals surface area contributed by atoms with Crippen LogP contribution in [0.15, 0.2) is 18.2 Å². The summed E-state index contributed by atoms with van der Waals surface area (Å²) in [4.78, 5) is 11.6. The van der Waals surface area contributed by atoms with Crippen molar-refractivity contribution in [2.75, 3.05) is 13.6 Å². The van der Waals surface area contributed by atoms with Gasteiger partial charge in [-0.05, 0) is 39.1 Å². The summed E-state index contributed by atoms with van der Waals surface area (Å²) in [5.74, 6) is 0.0139. The molecule has 5 heteroatoms. The molecule has 0 saturated carbocycles. The van der Waals surface area contributed by atoms with Crippen LogP contribution in [0.5, 0.6) is 5.75 Å². The summed E-state index contributed by atoms with van der Waals surface area (Å²) in [6.45, 7) is 4.54. The van der Waals surface area contributed by atoms with Gasteiger partial charge in [-0.3, -0.25) is 4.79 Å². The van der Waals surface area contributed by atoms with Gasteiger partial charge in [0.15, 0.2) is 6.10 Å². The summed E-state index contributed by atoms with van der Waals surface area (Å²) in [6, 6.07) is 4.26. The quantitative estimate of drug-likeness (QED) is 0.808. The molecule has 100 valence electrons. The number of ether oxygens (including phenoxy) is 1. The third-order valence-corrected chi connectivity index (χ3v) is 2.41. The number of hydrogen-bond acceptors (Lipinski definition) is 3. The lowest BCUT2D eigenvalue weighted by molar-refractivity contribution is -0.127. The zero-order valence-electron chi connectivity index (χ0n) is 10.9. The molecule has 1 amide bonds. The maximum absolute atomic E-state index is 13.1. The molecule has 0 heterocycles. The van der Waals surface area contributed by atoms with Crippen molar-refractivity contribution in [1.82, 2.24) is 10.6 Å². The van der Waals surface area contributed by atoms with Crippen LogP contribution in [0.3, 0.4) is 0 Å². The lowest BCUT2D eigenvalue weighted by atomic mass is 10.2. The summed E-state index contributed by atoms with van der Waals surface area (Å²) in [6.07, 6.45) is -0.606. The van der Waals surface area contributed by atoms with E-state index in [-0.39, 0.29) is 11.7 Å². The van der Waals surface area contributed by atoms with Crippen LogP contribution in [0.25, 0.3) is 0 Å². The first kappa shape index (κ1) is 14.4. The van der Waals surface area contributed by atoms with Crippen molar-refractivity contribution in [3.63, 3.8) is 0 Å². The van der Waals surface area contributed by atoms with Gasteiger partial charge in [0, 0.05) is 18.7 Å². The number of carbonyl (C=O) groups excluding carboxylic acids is 1. The van der Waals surface area contributed by atoms with Gasteiger partial charge in [0.05, 0.1) is 0 Å². The van der Waals surface area contributed by atoms with Crippen LogP contribution in [0.2, 0.25) is 0 Å². The molecule has 18 heavy (non-hydrogen) atoms. The molecular formula is C13H19FN2O2. The Labute approximate surface area is 107 Å². The van der Waals surface area contributed by atoms with E-state index in [1.165, 1.54) is 18.2 Å². The molecule has 0 spiro atoms. The molecule has 1 atom stereocenters. The fraction of sp³-hybridized carbons (Fsp3) is 0.462. The molecule has 0 bridgehead atoms. The standard InChI is InChI=1S/C13H19FN2O2/c1-4-16-13(17)9(2)18-12-6-5-11(14)7-10(12)8-15-3/h5-7,9,15H,4,8H2,1-3H3,(H,16,17). The highest BCUT2D eigenvalue weighted by Gasteiger charge is 2.15. The van der Waals surface area contributed by atoms with Crippen LogP contribution >= 0.6 is 0 Å². The van der Waals surface area contributed by atoms with Crippen LogP contribution in [-0.2, 0) is 11.3 Å². The highest BCUT2D eigenvalue weighted by atomic mass is 19.1. The number of amides is 1. The minimum absolute atomic E-state index is 0.183. The molecule has 0 aromatic heterocycles. The molecule has 0 aliphatic heterocycles. The third-order valence-electron chi connectivity index (χ3n) is 2.41. The fourth-order valence-electron chi connectivity index (χ4n) is 1.55. The van der Waals surface area contributed by atoms with Gasteiger partial charge >= 0.3 is 0 Å². The van der Waals surface area contributed by atoms with E-state index in [2.05, 4.69) is 10.6 Å². The molecule has 1 aromatic rings. The molecule has 1 aromatic carbocycles. The third kappa shape index (κ3) is 4.00. The van der Waals surface area contributed by atoms with Crippen molar-refractivity contribution in [1.29, 1.82) is 0 Å². The smallest absolute Gasteiger partial charge is 0.260 e. The van der Waals surface area contributed by atoms with E-state index >= 15 is 0 Å². The first-order chi connectivity index (χ1) is 8.58. The largest absolute Gasteiger partial charge is 0.481 e. The monoisotopic (exact) mass is 254 g/mol. The lowest BCUT2D eigenvalue weighted by Gasteiger charge is -2.17. The molecular weight excluding hydrogens is 235 g/mol. The van der Waals surface area contributed by atoms with E-state index in [0.29, 0.717) is 24.4 Å². The van der Waals surface area contributed by atoms with E-state index in [0.717, 1.165) is 0 Å². The van der Waals surface area contributed by atoms with Gasteiger partial charge in [0.1, 0.15) is 11.6 Å². The number of likely N-dealkylation sites (N-methyl/N-ethyl adjacent to an activating group) is 1. The van der Waals surface area contributed by atoms with Crippen molar-refractivity contribution < 1.29 is 13.9 Å². The predicted molar refractivity (Wildman–Crippen MR) is 67.9 cm³/mol. The fourth-order valence-corrected chi connectivity index (χ4v) is 1.55. The Bertz CT molecular complexity index is 410. The average molecular weight is 254 g/mol. The highest BCUT2D eigenvalue weighted by molar-refractivity contribution is 5.80. The second-order valence-electron chi connectivity index (χ2n) is 3.94. The van der Waals surface area contributed by atoms with Crippen LogP contribution in [0.1, 0.15) is 19.4 Å². The molecule has 1 rings (SSSR count). The summed E-state index contributed by atoms with van der Waals surface area (Å²) in [5.41, 5.74) is 0.689. The first-order valence-electron chi connectivity index (χ1n) is 5.95. The van der Waals surface area contributed by atoms with Crippen molar-refractivity contribution in [3.8, 4) is 5.75 Å². The van der Waals surface area contributed by atoms with Gasteiger partial charge in [-0.15, -0.1) is 0 Å². The van der Waals surface area contributed by atoms with Gasteiger partial charge in [-0.1, -0.05) is 0 Å². The summed E-state index contributed by atoms with van der Waals surface area (Å²) >= 11 is 0. The second-order valence-corrected chi connectivity index (χ2v) is 3.94. The van der Waals surface area contributed by atoms with E-state index < -0.39 is 6.10 Å². The first-order valence-corrected chi connectivity index (χ1v) is 5.95. The van der Waals surface area contributed by atoms with Crippen molar-refractivity contribution in [2.24, 2.45) is 0 Å². The minimum Gasteiger partial charge on any atom is -0.481 e. The van der Waals surface area contributed by atoms with Gasteiger partial charge < -0.3 is 15.4 Å². The summed E-state index contributed by atoms with van der Waals surface area (Å²) < 4.78 is 18.7. The number of hydrogen-bond donors (Lipinski definition) is 2. The van der Waals surface area contributed by atoms with Crippen LogP contribution in [0, 0.1) is 5.82 Å². The minimum atomic E-state index is -0.606. The Morgan fingerprint density at radius 2 is 2.22 bits per heavy atom. The zero-order chi connectivity index (χ0) is 13.5. The van der Waals surface area contributed by atoms with Gasteiger partial charge in [0.25, 0.3) is 5.91 Å². The molecule has 2 N–H and O–H groups in total. The normalized spacial score (nSPS) is 12.0. The van der Waals surface area contributed by atoms with E-state index in [1.54, 1.807) is 14.0 Å². The Morgan fingerprint density at radius 1 is 1.50 bits per heavy atom. The molecule has 1 unspecified atom stereocenters. The predicted octanol–water partition coefficient (Wildman–Crippen LogP) is 1.45. The topological polar surface area (TPSA) is 50.4 Å². The van der Waals surface area contributed by atoms with Gasteiger partial charge in [-0.25, -0.2) is 4.39 Å².